The van der Waals surface area contributed by atoms with Crippen LogP contribution in [-0.4, -0.2) is 8.07 Å². The van der Waals surface area contributed by atoms with Crippen molar-refractivity contribution in [3.8, 4) is 33.4 Å². The number of fused-ring (bicyclic) bond motifs is 9. The summed E-state index contributed by atoms with van der Waals surface area (Å²) in [5, 5.41) is 5.96. The molecular formula is C74H61NSi. The molecule has 2 heteroatoms. The Balaban J connectivity index is 0.942. The lowest BCUT2D eigenvalue weighted by molar-refractivity contribution is -0.00275. The van der Waals surface area contributed by atoms with Crippen molar-refractivity contribution in [3.05, 3.63) is 282 Å². The van der Waals surface area contributed by atoms with Gasteiger partial charge in [-0.25, -0.2) is 0 Å². The molecule has 0 spiro atoms. The molecule has 1 heterocycles. The lowest BCUT2D eigenvalue weighted by Crippen LogP contribution is -2.72. The molecule has 366 valence electrons. The van der Waals surface area contributed by atoms with Gasteiger partial charge in [0, 0.05) is 22.5 Å². The maximum absolute atomic E-state index is 2.92. The van der Waals surface area contributed by atoms with E-state index in [4.69, 9.17) is 0 Å². The molecule has 1 nitrogen and oxygen atoms in total. The zero-order valence-electron chi connectivity index (χ0n) is 43.5. The molecule has 10 aromatic carbocycles. The van der Waals surface area contributed by atoms with E-state index in [0.29, 0.717) is 5.92 Å². The van der Waals surface area contributed by atoms with E-state index in [2.05, 4.69) is 261 Å². The van der Waals surface area contributed by atoms with E-state index in [1.54, 1.807) is 10.8 Å². The van der Waals surface area contributed by atoms with Crippen molar-refractivity contribution in [2.75, 3.05) is 4.90 Å². The third-order valence-electron chi connectivity index (χ3n) is 20.0. The number of nitrogens with zero attached hydrogens (tertiary/aromatic N) is 1. The summed E-state index contributed by atoms with van der Waals surface area (Å²) in [4.78, 5) is 2.60. The summed E-state index contributed by atoms with van der Waals surface area (Å²) in [7, 11) is -2.92. The van der Waals surface area contributed by atoms with Gasteiger partial charge in [-0.2, -0.15) is 0 Å². The van der Waals surface area contributed by atoms with Gasteiger partial charge in [0.2, 0.25) is 0 Å². The van der Waals surface area contributed by atoms with E-state index in [9.17, 15) is 0 Å². The van der Waals surface area contributed by atoms with Gasteiger partial charge in [-0.15, -0.1) is 0 Å². The summed E-state index contributed by atoms with van der Waals surface area (Å²) >= 11 is 0. The highest BCUT2D eigenvalue weighted by Crippen LogP contribution is 2.61. The fourth-order valence-corrected chi connectivity index (χ4v) is 22.4. The summed E-state index contributed by atoms with van der Waals surface area (Å²) in [6, 6.07) is 94.4. The molecule has 0 amide bonds. The van der Waals surface area contributed by atoms with Crippen molar-refractivity contribution < 1.29 is 0 Å². The van der Waals surface area contributed by atoms with Crippen LogP contribution in [0.4, 0.5) is 17.1 Å². The van der Waals surface area contributed by atoms with Crippen LogP contribution in [0.1, 0.15) is 90.8 Å². The SMILES string of the molecule is CC1(C)c2ccccc2-c2ccc(N(c3cccc([Si]4(c5ccccc5)c5ccccc5-c5ccc(C6C7CC8CC(C7)CC6C8)cc54)c3)c3ccc4c(c3)C(c3ccccc3)(c3ccccc3)c3ccccc3-4)cc21. The van der Waals surface area contributed by atoms with Gasteiger partial charge in [0.05, 0.1) is 5.41 Å². The van der Waals surface area contributed by atoms with Crippen molar-refractivity contribution in [2.24, 2.45) is 23.7 Å². The minimum atomic E-state index is -2.92. The first-order chi connectivity index (χ1) is 37.4. The Morgan fingerprint density at radius 2 is 0.842 bits per heavy atom. The van der Waals surface area contributed by atoms with Gasteiger partial charge in [-0.1, -0.05) is 220 Å². The van der Waals surface area contributed by atoms with Gasteiger partial charge in [0.25, 0.3) is 0 Å². The maximum Gasteiger partial charge on any atom is 0.180 e. The largest absolute Gasteiger partial charge is 0.310 e. The zero-order valence-corrected chi connectivity index (χ0v) is 44.5. The van der Waals surface area contributed by atoms with Gasteiger partial charge in [-0.05, 0) is 191 Å². The van der Waals surface area contributed by atoms with Gasteiger partial charge in [0.1, 0.15) is 0 Å². The van der Waals surface area contributed by atoms with Crippen LogP contribution in [0.2, 0.25) is 0 Å². The highest BCUT2D eigenvalue weighted by Gasteiger charge is 2.52. The average Bonchev–Trinajstić information content (AvgIpc) is 4.07. The molecule has 10 aromatic rings. The van der Waals surface area contributed by atoms with Gasteiger partial charge < -0.3 is 4.90 Å². The van der Waals surface area contributed by atoms with E-state index >= 15 is 0 Å². The van der Waals surface area contributed by atoms with Crippen molar-refractivity contribution in [1.29, 1.82) is 0 Å². The minimum absolute atomic E-state index is 0.165. The Labute approximate surface area is 449 Å². The first kappa shape index (κ1) is 44.5. The van der Waals surface area contributed by atoms with Crippen LogP contribution in [0.25, 0.3) is 33.4 Å². The third kappa shape index (κ3) is 6.14. The summed E-state index contributed by atoms with van der Waals surface area (Å²) in [5.74, 6) is 4.18. The lowest BCUT2D eigenvalue weighted by atomic mass is 9.51. The Kier molecular flexibility index (Phi) is 9.73. The molecule has 1 unspecified atom stereocenters. The second kappa shape index (κ2) is 16.6. The molecular weight excluding hydrogens is 931 g/mol. The predicted molar refractivity (Wildman–Crippen MR) is 318 cm³/mol. The minimum Gasteiger partial charge on any atom is -0.310 e. The summed E-state index contributed by atoms with van der Waals surface area (Å²) in [6.45, 7) is 4.82. The number of hydrogen-bond donors (Lipinski definition) is 0. The predicted octanol–water partition coefficient (Wildman–Crippen LogP) is 15.7. The maximum atomic E-state index is 2.77. The molecule has 4 saturated carbocycles. The average molecular weight is 992 g/mol. The van der Waals surface area contributed by atoms with Crippen molar-refractivity contribution in [1.82, 2.24) is 0 Å². The standard InChI is InChI=1S/C74H61NSi/c1-73(2)66-30-15-12-27-60(66)62-37-34-56(46-68(62)73)75(57-35-38-63-61-28-13-16-31-67(61)74(69(63)47-57,53-19-6-3-7-20-53)54-21-8-4-9-22-54)55-23-18-26-59(45-55)76(58-24-10-5-11-25-58)70-32-17-14-29-64(70)65-36-33-50(44-71(65)76)72-51-40-48-39-49(42-51)43-52(72)41-48/h3-38,44-49,51-52,72H,39-43H2,1-2H3. The second-order valence-electron chi connectivity index (χ2n) is 24.0. The van der Waals surface area contributed by atoms with Crippen molar-refractivity contribution in [2.45, 2.75) is 62.7 Å². The number of benzene rings is 10. The Bertz CT molecular complexity index is 3880. The fraction of sp³-hybridized carbons (Fsp3) is 0.189. The molecule has 0 aromatic heterocycles. The molecule has 1 atom stereocenters. The summed E-state index contributed by atoms with van der Waals surface area (Å²) < 4.78 is 0. The molecule has 0 radical (unpaired) electrons. The van der Waals surface area contributed by atoms with Gasteiger partial charge in [-0.3, -0.25) is 0 Å². The van der Waals surface area contributed by atoms with Crippen LogP contribution in [0, 0.1) is 23.7 Å². The van der Waals surface area contributed by atoms with Crippen LogP contribution in [0.3, 0.4) is 0 Å². The van der Waals surface area contributed by atoms with Gasteiger partial charge in [0.15, 0.2) is 8.07 Å². The van der Waals surface area contributed by atoms with Crippen LogP contribution >= 0.6 is 0 Å². The van der Waals surface area contributed by atoms with Crippen LogP contribution in [0.5, 0.6) is 0 Å². The van der Waals surface area contributed by atoms with E-state index in [0.717, 1.165) is 29.4 Å². The van der Waals surface area contributed by atoms with E-state index in [1.165, 1.54) is 126 Å². The quantitative estimate of drug-likeness (QED) is 0.137. The normalized spacial score (nSPS) is 23.0. The molecule has 1 aliphatic heterocycles. The number of hydrogen-bond acceptors (Lipinski definition) is 1. The Hall–Kier alpha value is -7.78. The molecule has 4 bridgehead atoms. The lowest BCUT2D eigenvalue weighted by Gasteiger charge is -2.54. The third-order valence-corrected chi connectivity index (χ3v) is 24.8. The molecule has 7 aliphatic rings. The van der Waals surface area contributed by atoms with Gasteiger partial charge >= 0.3 is 0 Å². The molecule has 6 aliphatic carbocycles. The summed E-state index contributed by atoms with van der Waals surface area (Å²) in [6.07, 6.45) is 7.17. The van der Waals surface area contributed by atoms with E-state index in [1.807, 2.05) is 0 Å². The van der Waals surface area contributed by atoms with Crippen molar-refractivity contribution in [3.63, 3.8) is 0 Å². The molecule has 17 rings (SSSR count). The first-order valence-corrected chi connectivity index (χ1v) is 30.2. The second-order valence-corrected chi connectivity index (χ2v) is 27.7. The van der Waals surface area contributed by atoms with Crippen LogP contribution in [-0.2, 0) is 10.8 Å². The Morgan fingerprint density at radius 3 is 1.51 bits per heavy atom. The highest BCUT2D eigenvalue weighted by molar-refractivity contribution is 7.22. The van der Waals surface area contributed by atoms with E-state index in [-0.39, 0.29) is 5.41 Å². The monoisotopic (exact) mass is 991 g/mol. The topological polar surface area (TPSA) is 3.24 Å². The van der Waals surface area contributed by atoms with Crippen molar-refractivity contribution >= 4 is 45.9 Å². The number of rotatable bonds is 8. The molecule has 4 fully saturated rings. The van der Waals surface area contributed by atoms with Crippen LogP contribution in [0.15, 0.2) is 243 Å². The Morgan fingerprint density at radius 1 is 0.355 bits per heavy atom. The smallest absolute Gasteiger partial charge is 0.180 e. The summed E-state index contributed by atoms with van der Waals surface area (Å²) in [5.41, 5.74) is 20.5. The first-order valence-electron chi connectivity index (χ1n) is 28.2. The zero-order chi connectivity index (χ0) is 50.3. The molecule has 76 heavy (non-hydrogen) atoms. The number of anilines is 3. The molecule has 0 N–H and O–H groups in total. The van der Waals surface area contributed by atoms with Crippen LogP contribution < -0.4 is 25.6 Å². The fourth-order valence-electron chi connectivity index (χ4n) is 17.2. The molecule has 0 saturated heterocycles. The highest BCUT2D eigenvalue weighted by atomic mass is 28.3. The van der Waals surface area contributed by atoms with E-state index < -0.39 is 13.5 Å².